The van der Waals surface area contributed by atoms with Crippen LogP contribution in [0.4, 0.5) is 5.82 Å². The fraction of sp³-hybridized carbons (Fsp3) is 0.450. The lowest BCUT2D eigenvalue weighted by Crippen LogP contribution is -2.32. The smallest absolute Gasteiger partial charge is 0.253 e. The van der Waals surface area contributed by atoms with E-state index in [9.17, 15) is 4.79 Å². The molecule has 1 aliphatic heterocycles. The lowest BCUT2D eigenvalue weighted by molar-refractivity contribution is 0.0760. The molecule has 0 spiro atoms. The third kappa shape index (κ3) is 4.79. The van der Waals surface area contributed by atoms with Crippen molar-refractivity contribution < 1.29 is 9.53 Å². The molecule has 0 aliphatic carbocycles. The minimum atomic E-state index is 0.113. The van der Waals surface area contributed by atoms with E-state index in [0.717, 1.165) is 55.6 Å². The number of rotatable bonds is 5. The number of carbonyl (C=O) groups is 1. The van der Waals surface area contributed by atoms with Gasteiger partial charge in [-0.2, -0.15) is 0 Å². The van der Waals surface area contributed by atoms with E-state index in [0.29, 0.717) is 18.3 Å². The predicted molar refractivity (Wildman–Crippen MR) is 101 cm³/mol. The highest BCUT2D eigenvalue weighted by molar-refractivity contribution is 5.94. The molecule has 2 N–H and O–H groups in total. The summed E-state index contributed by atoms with van der Waals surface area (Å²) in [7, 11) is 1.67. The summed E-state index contributed by atoms with van der Waals surface area (Å²) in [6.45, 7) is 2.15. The van der Waals surface area contributed by atoms with Gasteiger partial charge in [0.25, 0.3) is 5.91 Å². The van der Waals surface area contributed by atoms with Crippen molar-refractivity contribution in [3.63, 3.8) is 0 Å². The summed E-state index contributed by atoms with van der Waals surface area (Å²) >= 11 is 0. The van der Waals surface area contributed by atoms with Crippen LogP contribution in [0.5, 0.6) is 0 Å². The minimum Gasteiger partial charge on any atom is -0.382 e. The molecule has 2 aromatic rings. The molecule has 0 unspecified atom stereocenters. The number of hydrogen-bond donors (Lipinski definition) is 1. The molecule has 6 nitrogen and oxygen atoms in total. The molecule has 1 aliphatic rings. The van der Waals surface area contributed by atoms with Gasteiger partial charge in [0.1, 0.15) is 5.82 Å². The zero-order valence-electron chi connectivity index (χ0n) is 15.2. The summed E-state index contributed by atoms with van der Waals surface area (Å²) in [6, 6.07) is 7.69. The van der Waals surface area contributed by atoms with Crippen LogP contribution in [0.1, 0.15) is 40.9 Å². The Labute approximate surface area is 154 Å². The van der Waals surface area contributed by atoms with E-state index in [1.165, 1.54) is 0 Å². The molecule has 138 valence electrons. The van der Waals surface area contributed by atoms with Gasteiger partial charge in [0.05, 0.1) is 24.7 Å². The molecule has 26 heavy (non-hydrogen) atoms. The fourth-order valence-electron chi connectivity index (χ4n) is 3.43. The highest BCUT2D eigenvalue weighted by Gasteiger charge is 2.22. The van der Waals surface area contributed by atoms with Crippen LogP contribution in [0, 0.1) is 5.92 Å². The maximum Gasteiger partial charge on any atom is 0.253 e. The van der Waals surface area contributed by atoms with Gasteiger partial charge in [0.2, 0.25) is 0 Å². The Bertz CT molecular complexity index is 716. The predicted octanol–water partition coefficient (Wildman–Crippen LogP) is 2.69. The minimum absolute atomic E-state index is 0.113. The van der Waals surface area contributed by atoms with Gasteiger partial charge in [0.15, 0.2) is 0 Å². The number of nitrogens with zero attached hydrogens (tertiary/aromatic N) is 3. The van der Waals surface area contributed by atoms with Gasteiger partial charge < -0.3 is 15.4 Å². The summed E-state index contributed by atoms with van der Waals surface area (Å²) in [6.07, 6.45) is 7.35. The topological polar surface area (TPSA) is 81.3 Å². The second kappa shape index (κ2) is 8.76. The summed E-state index contributed by atoms with van der Waals surface area (Å²) in [5, 5.41) is 0. The van der Waals surface area contributed by atoms with Crippen LogP contribution in [-0.2, 0) is 17.8 Å². The molecule has 0 saturated carbocycles. The monoisotopic (exact) mass is 354 g/mol. The average Bonchev–Trinajstić information content (AvgIpc) is 2.90. The summed E-state index contributed by atoms with van der Waals surface area (Å²) < 4.78 is 5.12. The van der Waals surface area contributed by atoms with Crippen LogP contribution in [0.3, 0.4) is 0 Å². The summed E-state index contributed by atoms with van der Waals surface area (Å²) in [4.78, 5) is 23.2. The first-order chi connectivity index (χ1) is 12.7. The van der Waals surface area contributed by atoms with E-state index >= 15 is 0 Å². The molecule has 0 bridgehead atoms. The Kier molecular flexibility index (Phi) is 6.17. The van der Waals surface area contributed by atoms with Gasteiger partial charge in [-0.05, 0) is 49.3 Å². The van der Waals surface area contributed by atoms with Gasteiger partial charge in [-0.1, -0.05) is 12.1 Å². The largest absolute Gasteiger partial charge is 0.382 e. The third-order valence-corrected chi connectivity index (χ3v) is 4.87. The molecule has 1 amide bonds. The van der Waals surface area contributed by atoms with E-state index in [4.69, 9.17) is 10.5 Å². The number of nitrogen functional groups attached to an aromatic ring is 1. The van der Waals surface area contributed by atoms with Crippen LogP contribution < -0.4 is 5.73 Å². The van der Waals surface area contributed by atoms with Crippen LogP contribution in [0.25, 0.3) is 0 Å². The van der Waals surface area contributed by atoms with E-state index < -0.39 is 0 Å². The average molecular weight is 354 g/mol. The van der Waals surface area contributed by atoms with Crippen molar-refractivity contribution in [1.82, 2.24) is 14.9 Å². The van der Waals surface area contributed by atoms with E-state index in [1.54, 1.807) is 19.5 Å². The molecule has 1 fully saturated rings. The highest BCUT2D eigenvalue weighted by atomic mass is 16.5. The van der Waals surface area contributed by atoms with Crippen molar-refractivity contribution in [1.29, 1.82) is 0 Å². The Morgan fingerprint density at radius 1 is 1.19 bits per heavy atom. The number of anilines is 1. The highest BCUT2D eigenvalue weighted by Crippen LogP contribution is 2.22. The number of nitrogens with two attached hydrogens (primary N) is 1. The number of likely N-dealkylation sites (tertiary alicyclic amines) is 1. The van der Waals surface area contributed by atoms with Gasteiger partial charge in [-0.15, -0.1) is 0 Å². The molecule has 1 saturated heterocycles. The number of amides is 1. The molecule has 2 heterocycles. The SMILES string of the molecule is COCc1ccc(C(=O)N2CCC[C@H](Cc3cnc(N)cn3)CC2)cc1. The van der Waals surface area contributed by atoms with Gasteiger partial charge in [0, 0.05) is 25.8 Å². The first kappa shape index (κ1) is 18.3. The normalized spacial score (nSPS) is 17.7. The quantitative estimate of drug-likeness (QED) is 0.893. The number of aromatic nitrogens is 2. The molecule has 0 radical (unpaired) electrons. The summed E-state index contributed by atoms with van der Waals surface area (Å²) in [5.74, 6) is 1.08. The Hall–Kier alpha value is -2.47. The van der Waals surface area contributed by atoms with Crippen molar-refractivity contribution in [3.8, 4) is 0 Å². The maximum atomic E-state index is 12.8. The number of ether oxygens (including phenoxy) is 1. The number of methoxy groups -OCH3 is 1. The first-order valence-electron chi connectivity index (χ1n) is 9.09. The zero-order chi connectivity index (χ0) is 18.4. The fourth-order valence-corrected chi connectivity index (χ4v) is 3.43. The Balaban J connectivity index is 1.57. The van der Waals surface area contributed by atoms with Crippen LogP contribution in [0.2, 0.25) is 0 Å². The molecule has 1 aromatic carbocycles. The Morgan fingerprint density at radius 3 is 2.69 bits per heavy atom. The van der Waals surface area contributed by atoms with E-state index in [1.807, 2.05) is 29.2 Å². The maximum absolute atomic E-state index is 12.8. The van der Waals surface area contributed by atoms with Crippen molar-refractivity contribution in [2.24, 2.45) is 5.92 Å². The lowest BCUT2D eigenvalue weighted by atomic mass is 9.95. The molecule has 6 heteroatoms. The second-order valence-corrected chi connectivity index (χ2v) is 6.86. The number of hydrogen-bond acceptors (Lipinski definition) is 5. The van der Waals surface area contributed by atoms with Crippen molar-refractivity contribution in [2.45, 2.75) is 32.3 Å². The van der Waals surface area contributed by atoms with Crippen LogP contribution in [0.15, 0.2) is 36.7 Å². The zero-order valence-corrected chi connectivity index (χ0v) is 15.2. The standard InChI is InChI=1S/C20H26N4O2/c1-26-14-16-4-6-17(7-5-16)20(25)24-9-2-3-15(8-10-24)11-18-12-23-19(21)13-22-18/h4-7,12-13,15H,2-3,8-11,14H2,1H3,(H2,21,23)/t15-/m0/s1. The van der Waals surface area contributed by atoms with Gasteiger partial charge in [-0.3, -0.25) is 9.78 Å². The van der Waals surface area contributed by atoms with Crippen LogP contribution >= 0.6 is 0 Å². The molecular formula is C20H26N4O2. The van der Waals surface area contributed by atoms with Gasteiger partial charge >= 0.3 is 0 Å². The molecule has 1 aromatic heterocycles. The van der Waals surface area contributed by atoms with E-state index in [2.05, 4.69) is 9.97 Å². The van der Waals surface area contributed by atoms with Crippen molar-refractivity contribution in [3.05, 3.63) is 53.5 Å². The number of benzene rings is 1. The van der Waals surface area contributed by atoms with Crippen LogP contribution in [-0.4, -0.2) is 41.0 Å². The first-order valence-corrected chi connectivity index (χ1v) is 9.09. The summed E-state index contributed by atoms with van der Waals surface area (Å²) in [5.41, 5.74) is 8.38. The molecule has 3 rings (SSSR count). The van der Waals surface area contributed by atoms with Crippen molar-refractivity contribution >= 4 is 11.7 Å². The third-order valence-electron chi connectivity index (χ3n) is 4.87. The van der Waals surface area contributed by atoms with Gasteiger partial charge in [-0.25, -0.2) is 4.98 Å². The molecular weight excluding hydrogens is 328 g/mol. The Morgan fingerprint density at radius 2 is 2.00 bits per heavy atom. The second-order valence-electron chi connectivity index (χ2n) is 6.86. The molecule has 1 atom stereocenters. The lowest BCUT2D eigenvalue weighted by Gasteiger charge is -2.21. The van der Waals surface area contributed by atoms with E-state index in [-0.39, 0.29) is 5.91 Å². The van der Waals surface area contributed by atoms with Crippen molar-refractivity contribution in [2.75, 3.05) is 25.9 Å². The number of carbonyl (C=O) groups excluding carboxylic acids is 1.